The van der Waals surface area contributed by atoms with Gasteiger partial charge in [0.1, 0.15) is 5.75 Å². The van der Waals surface area contributed by atoms with Gasteiger partial charge in [0.15, 0.2) is 5.78 Å². The smallest absolute Gasteiger partial charge is 0.196 e. The zero-order valence-electron chi connectivity index (χ0n) is 10.8. The van der Waals surface area contributed by atoms with Crippen molar-refractivity contribution in [2.24, 2.45) is 0 Å². The van der Waals surface area contributed by atoms with Crippen molar-refractivity contribution in [3.05, 3.63) is 58.7 Å². The van der Waals surface area contributed by atoms with Gasteiger partial charge in [0, 0.05) is 17.7 Å². The highest BCUT2D eigenvalue weighted by Gasteiger charge is 2.21. The van der Waals surface area contributed by atoms with Crippen LogP contribution in [0.25, 0.3) is 0 Å². The lowest BCUT2D eigenvalue weighted by atomic mass is 9.98. The molecule has 3 rings (SSSR count). The molecule has 0 spiro atoms. The van der Waals surface area contributed by atoms with E-state index in [0.717, 1.165) is 23.3 Å². The summed E-state index contributed by atoms with van der Waals surface area (Å²) < 4.78 is 5.57. The first kappa shape index (κ1) is 11.8. The fourth-order valence-corrected chi connectivity index (χ4v) is 2.33. The van der Waals surface area contributed by atoms with Crippen LogP contribution < -0.4 is 10.5 Å². The van der Waals surface area contributed by atoms with Gasteiger partial charge in [-0.05, 0) is 30.2 Å². The summed E-state index contributed by atoms with van der Waals surface area (Å²) in [6, 6.07) is 11.1. The van der Waals surface area contributed by atoms with Gasteiger partial charge >= 0.3 is 0 Å². The predicted molar refractivity (Wildman–Crippen MR) is 74.7 cm³/mol. The summed E-state index contributed by atoms with van der Waals surface area (Å²) in [6.07, 6.45) is 0.868. The molecule has 0 saturated heterocycles. The molecule has 19 heavy (non-hydrogen) atoms. The van der Waals surface area contributed by atoms with Crippen LogP contribution >= 0.6 is 0 Å². The molecule has 1 aliphatic heterocycles. The number of para-hydroxylation sites is 1. The molecule has 1 heterocycles. The third-order valence-electron chi connectivity index (χ3n) is 3.50. The second-order valence-corrected chi connectivity index (χ2v) is 4.79. The maximum Gasteiger partial charge on any atom is 0.196 e. The number of ether oxygens (including phenoxy) is 1. The number of carbonyl (C=O) groups excluding carboxylic acids is 1. The van der Waals surface area contributed by atoms with Crippen molar-refractivity contribution in [1.82, 2.24) is 0 Å². The summed E-state index contributed by atoms with van der Waals surface area (Å²) in [6.45, 7) is 2.57. The number of fused-ring (bicyclic) bond motifs is 1. The van der Waals surface area contributed by atoms with E-state index in [2.05, 4.69) is 0 Å². The minimum atomic E-state index is -0.0366. The van der Waals surface area contributed by atoms with Crippen molar-refractivity contribution in [2.45, 2.75) is 13.3 Å². The molecule has 1 aliphatic rings. The Balaban J connectivity index is 2.05. The van der Waals surface area contributed by atoms with Crippen LogP contribution in [-0.4, -0.2) is 12.4 Å². The van der Waals surface area contributed by atoms with Crippen molar-refractivity contribution in [3.63, 3.8) is 0 Å². The molecular weight excluding hydrogens is 238 g/mol. The van der Waals surface area contributed by atoms with Crippen LogP contribution in [0.3, 0.4) is 0 Å². The molecule has 96 valence electrons. The number of nitrogen functional groups attached to an aromatic ring is 1. The van der Waals surface area contributed by atoms with Crippen LogP contribution in [0.4, 0.5) is 5.69 Å². The highest BCUT2D eigenvalue weighted by atomic mass is 16.5. The molecule has 0 fully saturated rings. The van der Waals surface area contributed by atoms with Crippen LogP contribution in [0, 0.1) is 6.92 Å². The summed E-state index contributed by atoms with van der Waals surface area (Å²) in [5, 5.41) is 0. The van der Waals surface area contributed by atoms with E-state index < -0.39 is 0 Å². The van der Waals surface area contributed by atoms with E-state index in [4.69, 9.17) is 10.5 Å². The topological polar surface area (TPSA) is 52.3 Å². The van der Waals surface area contributed by atoms with Gasteiger partial charge in [0.2, 0.25) is 0 Å². The zero-order chi connectivity index (χ0) is 13.4. The quantitative estimate of drug-likeness (QED) is 0.661. The minimum Gasteiger partial charge on any atom is -0.492 e. The third-order valence-corrected chi connectivity index (χ3v) is 3.50. The number of aryl methyl sites for hydroxylation is 1. The molecule has 2 N–H and O–H groups in total. The van der Waals surface area contributed by atoms with Crippen molar-refractivity contribution >= 4 is 11.5 Å². The van der Waals surface area contributed by atoms with Gasteiger partial charge in [-0.3, -0.25) is 4.79 Å². The molecule has 0 amide bonds. The monoisotopic (exact) mass is 253 g/mol. The molecule has 0 bridgehead atoms. The number of rotatable bonds is 2. The Bertz CT molecular complexity index is 662. The lowest BCUT2D eigenvalue weighted by Gasteiger charge is -2.08. The van der Waals surface area contributed by atoms with Gasteiger partial charge in [-0.2, -0.15) is 0 Å². The average molecular weight is 253 g/mol. The number of carbonyl (C=O) groups is 1. The molecule has 3 nitrogen and oxygen atoms in total. The largest absolute Gasteiger partial charge is 0.492 e. The molecule has 0 saturated carbocycles. The van der Waals surface area contributed by atoms with E-state index in [1.165, 1.54) is 0 Å². The Morgan fingerprint density at radius 3 is 2.89 bits per heavy atom. The van der Waals surface area contributed by atoms with Crippen LogP contribution in [-0.2, 0) is 6.42 Å². The van der Waals surface area contributed by atoms with E-state index in [1.54, 1.807) is 6.07 Å². The summed E-state index contributed by atoms with van der Waals surface area (Å²) in [5.41, 5.74) is 9.81. The molecule has 2 aromatic rings. The lowest BCUT2D eigenvalue weighted by molar-refractivity contribution is 0.103. The minimum absolute atomic E-state index is 0.0366. The SMILES string of the molecule is Cc1ccc(C(=O)c2cccc3c2OCC3)cc1N. The third kappa shape index (κ3) is 1.97. The highest BCUT2D eigenvalue weighted by Crippen LogP contribution is 2.31. The van der Waals surface area contributed by atoms with Crippen LogP contribution in [0.15, 0.2) is 36.4 Å². The molecule has 0 radical (unpaired) electrons. The van der Waals surface area contributed by atoms with Crippen molar-refractivity contribution in [2.75, 3.05) is 12.3 Å². The predicted octanol–water partition coefficient (Wildman–Crippen LogP) is 2.74. The summed E-state index contributed by atoms with van der Waals surface area (Å²) in [5.74, 6) is 0.692. The van der Waals surface area contributed by atoms with E-state index in [9.17, 15) is 4.79 Å². The van der Waals surface area contributed by atoms with Crippen LogP contribution in [0.1, 0.15) is 27.0 Å². The fourth-order valence-electron chi connectivity index (χ4n) is 2.33. The van der Waals surface area contributed by atoms with Gasteiger partial charge < -0.3 is 10.5 Å². The van der Waals surface area contributed by atoms with Gasteiger partial charge in [-0.25, -0.2) is 0 Å². The maximum absolute atomic E-state index is 12.5. The summed E-state index contributed by atoms with van der Waals surface area (Å²) in [7, 11) is 0. The fraction of sp³-hybridized carbons (Fsp3) is 0.188. The normalized spacial score (nSPS) is 12.9. The standard InChI is InChI=1S/C16H15NO2/c1-10-5-6-12(9-14(10)17)15(18)13-4-2-3-11-7-8-19-16(11)13/h2-6,9H,7-8,17H2,1H3. The van der Waals surface area contributed by atoms with E-state index in [-0.39, 0.29) is 5.78 Å². The molecule has 2 aromatic carbocycles. The lowest BCUT2D eigenvalue weighted by Crippen LogP contribution is -2.05. The van der Waals surface area contributed by atoms with Crippen molar-refractivity contribution in [3.8, 4) is 5.75 Å². The number of hydrogen-bond acceptors (Lipinski definition) is 3. The summed E-state index contributed by atoms with van der Waals surface area (Å²) >= 11 is 0. The number of benzene rings is 2. The molecular formula is C16H15NO2. The number of hydrogen-bond donors (Lipinski definition) is 1. The van der Waals surface area contributed by atoms with Crippen molar-refractivity contribution < 1.29 is 9.53 Å². The zero-order valence-corrected chi connectivity index (χ0v) is 10.8. The van der Waals surface area contributed by atoms with Crippen LogP contribution in [0.2, 0.25) is 0 Å². The van der Waals surface area contributed by atoms with Gasteiger partial charge in [0.25, 0.3) is 0 Å². The Morgan fingerprint density at radius 2 is 2.11 bits per heavy atom. The summed E-state index contributed by atoms with van der Waals surface area (Å²) in [4.78, 5) is 12.5. The first-order chi connectivity index (χ1) is 9.16. The molecule has 3 heteroatoms. The van der Waals surface area contributed by atoms with Crippen molar-refractivity contribution in [1.29, 1.82) is 0 Å². The number of ketones is 1. The van der Waals surface area contributed by atoms with Gasteiger partial charge in [-0.15, -0.1) is 0 Å². The Labute approximate surface area is 112 Å². The second-order valence-electron chi connectivity index (χ2n) is 4.79. The molecule has 0 atom stereocenters. The molecule has 0 unspecified atom stereocenters. The molecule has 0 aromatic heterocycles. The number of nitrogens with two attached hydrogens (primary N) is 1. The first-order valence-electron chi connectivity index (χ1n) is 6.32. The van der Waals surface area contributed by atoms with E-state index in [1.807, 2.05) is 37.3 Å². The van der Waals surface area contributed by atoms with Gasteiger partial charge in [-0.1, -0.05) is 24.3 Å². The Hall–Kier alpha value is -2.29. The van der Waals surface area contributed by atoms with Gasteiger partial charge in [0.05, 0.1) is 12.2 Å². The van der Waals surface area contributed by atoms with Crippen LogP contribution in [0.5, 0.6) is 5.75 Å². The number of anilines is 1. The maximum atomic E-state index is 12.5. The van der Waals surface area contributed by atoms with E-state index >= 15 is 0 Å². The first-order valence-corrected chi connectivity index (χ1v) is 6.32. The average Bonchev–Trinajstić information content (AvgIpc) is 2.89. The van der Waals surface area contributed by atoms with E-state index in [0.29, 0.717) is 23.4 Å². The Kier molecular flexibility index (Phi) is 2.75. The molecule has 0 aliphatic carbocycles. The highest BCUT2D eigenvalue weighted by molar-refractivity contribution is 6.11. The Morgan fingerprint density at radius 1 is 1.26 bits per heavy atom. The second kappa shape index (κ2) is 4.43.